The molecule has 1 saturated carbocycles. The van der Waals surface area contributed by atoms with Crippen molar-refractivity contribution in [1.29, 1.82) is 0 Å². The van der Waals surface area contributed by atoms with Gasteiger partial charge in [0.15, 0.2) is 0 Å². The summed E-state index contributed by atoms with van der Waals surface area (Å²) < 4.78 is 39.8. The van der Waals surface area contributed by atoms with Gasteiger partial charge in [-0.25, -0.2) is 0 Å². The van der Waals surface area contributed by atoms with Crippen molar-refractivity contribution in [2.45, 2.75) is 50.9 Å². The zero-order chi connectivity index (χ0) is 22.8. The summed E-state index contributed by atoms with van der Waals surface area (Å²) in [5.74, 6) is 0.0854. The van der Waals surface area contributed by atoms with Crippen molar-refractivity contribution in [3.8, 4) is 0 Å². The number of carbonyl (C=O) groups excluding carboxylic acids is 1. The standard InChI is InChI=1S/C20H28F3N5O3/c1-12-3-5-13(6-4-12)26-19(29)14-9-17(28(30)31)15(24-2)10-16(14)27-8-7-25-18(11-27)20(21,22)23/h9-10,12-13,18,24-25H,3-8,11H2,1-2H3,(H,26,29)/t12-,13-,18?. The molecule has 0 aromatic heterocycles. The van der Waals surface area contributed by atoms with Crippen molar-refractivity contribution in [3.05, 3.63) is 27.8 Å². The fourth-order valence-electron chi connectivity index (χ4n) is 4.23. The van der Waals surface area contributed by atoms with E-state index in [1.165, 1.54) is 18.0 Å². The summed E-state index contributed by atoms with van der Waals surface area (Å²) in [6, 6.07) is 0.761. The van der Waals surface area contributed by atoms with Gasteiger partial charge in [-0.2, -0.15) is 13.2 Å². The zero-order valence-corrected chi connectivity index (χ0v) is 17.6. The first-order valence-electron chi connectivity index (χ1n) is 10.5. The van der Waals surface area contributed by atoms with E-state index in [4.69, 9.17) is 0 Å². The molecule has 1 aliphatic heterocycles. The first-order chi connectivity index (χ1) is 14.6. The van der Waals surface area contributed by atoms with Crippen molar-refractivity contribution in [2.24, 2.45) is 5.92 Å². The molecule has 1 amide bonds. The van der Waals surface area contributed by atoms with Gasteiger partial charge in [0, 0.05) is 38.8 Å². The van der Waals surface area contributed by atoms with Crippen LogP contribution in [0.2, 0.25) is 0 Å². The lowest BCUT2D eigenvalue weighted by atomic mass is 9.87. The van der Waals surface area contributed by atoms with E-state index in [1.807, 2.05) is 0 Å². The molecule has 0 radical (unpaired) electrons. The molecule has 0 spiro atoms. The Morgan fingerprint density at radius 1 is 1.26 bits per heavy atom. The molecule has 0 bridgehead atoms. The normalized spacial score (nSPS) is 24.5. The number of amides is 1. The molecule has 2 fully saturated rings. The van der Waals surface area contributed by atoms with Gasteiger partial charge < -0.3 is 20.9 Å². The van der Waals surface area contributed by atoms with Gasteiger partial charge in [-0.1, -0.05) is 6.92 Å². The highest BCUT2D eigenvalue weighted by Crippen LogP contribution is 2.35. The van der Waals surface area contributed by atoms with Crippen molar-refractivity contribution in [2.75, 3.05) is 36.9 Å². The molecule has 3 N–H and O–H groups in total. The van der Waals surface area contributed by atoms with E-state index < -0.39 is 23.0 Å². The Bertz CT molecular complexity index is 825. The summed E-state index contributed by atoms with van der Waals surface area (Å²) in [4.78, 5) is 25.5. The average molecular weight is 443 g/mol. The van der Waals surface area contributed by atoms with E-state index in [-0.39, 0.29) is 48.3 Å². The van der Waals surface area contributed by atoms with Crippen LogP contribution in [0.4, 0.5) is 30.2 Å². The highest BCUT2D eigenvalue weighted by Gasteiger charge is 2.42. The van der Waals surface area contributed by atoms with Crippen LogP contribution in [0.5, 0.6) is 0 Å². The average Bonchev–Trinajstić information content (AvgIpc) is 2.73. The van der Waals surface area contributed by atoms with E-state index in [0.717, 1.165) is 31.7 Å². The summed E-state index contributed by atoms with van der Waals surface area (Å²) >= 11 is 0. The molecular formula is C20H28F3N5O3. The van der Waals surface area contributed by atoms with E-state index in [0.29, 0.717) is 5.92 Å². The smallest absolute Gasteiger partial charge is 0.383 e. The Labute approximate surface area is 178 Å². The maximum Gasteiger partial charge on any atom is 0.405 e. The van der Waals surface area contributed by atoms with Crippen LogP contribution in [0.1, 0.15) is 43.0 Å². The molecule has 3 rings (SSSR count). The minimum atomic E-state index is -4.44. The van der Waals surface area contributed by atoms with Crippen molar-refractivity contribution < 1.29 is 22.9 Å². The number of alkyl halides is 3. The fraction of sp³-hybridized carbons (Fsp3) is 0.650. The highest BCUT2D eigenvalue weighted by atomic mass is 19.4. The minimum Gasteiger partial charge on any atom is -0.383 e. The van der Waals surface area contributed by atoms with E-state index >= 15 is 0 Å². The molecule has 1 aromatic carbocycles. The molecule has 172 valence electrons. The summed E-state index contributed by atoms with van der Waals surface area (Å²) in [6.07, 6.45) is -0.874. The molecule has 1 aromatic rings. The molecule has 1 atom stereocenters. The number of anilines is 2. The fourth-order valence-corrected chi connectivity index (χ4v) is 4.23. The van der Waals surface area contributed by atoms with Crippen LogP contribution in [0.25, 0.3) is 0 Å². The number of carbonyl (C=O) groups is 1. The molecule has 8 nitrogen and oxygen atoms in total. The van der Waals surface area contributed by atoms with Crippen LogP contribution in [0, 0.1) is 16.0 Å². The molecule has 1 heterocycles. The number of nitrogens with one attached hydrogen (secondary N) is 3. The number of nitrogens with zero attached hydrogens (tertiary/aromatic N) is 2. The second-order valence-corrected chi connectivity index (χ2v) is 8.32. The SMILES string of the molecule is CNc1cc(N2CCNC(C(F)(F)F)C2)c(C(=O)N[C@H]2CC[C@H](C)CC2)cc1[N+](=O)[O-]. The number of piperazine rings is 1. The van der Waals surface area contributed by atoms with E-state index in [1.54, 1.807) is 0 Å². The Morgan fingerprint density at radius 3 is 2.52 bits per heavy atom. The highest BCUT2D eigenvalue weighted by molar-refractivity contribution is 6.02. The molecule has 1 aliphatic carbocycles. The van der Waals surface area contributed by atoms with Gasteiger partial charge in [-0.3, -0.25) is 14.9 Å². The molecule has 31 heavy (non-hydrogen) atoms. The Morgan fingerprint density at radius 2 is 1.94 bits per heavy atom. The predicted molar refractivity (Wildman–Crippen MR) is 112 cm³/mol. The maximum atomic E-state index is 13.3. The van der Waals surface area contributed by atoms with Gasteiger partial charge in [0.1, 0.15) is 11.7 Å². The first kappa shape index (κ1) is 23.1. The van der Waals surface area contributed by atoms with Crippen LogP contribution in [-0.4, -0.2) is 55.8 Å². The van der Waals surface area contributed by atoms with Crippen LogP contribution in [0.3, 0.4) is 0 Å². The van der Waals surface area contributed by atoms with Crippen LogP contribution >= 0.6 is 0 Å². The van der Waals surface area contributed by atoms with Gasteiger partial charge in [0.05, 0.1) is 16.2 Å². The monoisotopic (exact) mass is 443 g/mol. The third kappa shape index (κ3) is 5.38. The number of hydrogen-bond donors (Lipinski definition) is 3. The van der Waals surface area contributed by atoms with Gasteiger partial charge in [0.25, 0.3) is 11.6 Å². The Kier molecular flexibility index (Phi) is 6.93. The zero-order valence-electron chi connectivity index (χ0n) is 17.6. The topological polar surface area (TPSA) is 99.5 Å². The molecular weight excluding hydrogens is 415 g/mol. The number of rotatable bonds is 5. The minimum absolute atomic E-state index is 0.0205. The number of halogens is 3. The molecule has 1 unspecified atom stereocenters. The van der Waals surface area contributed by atoms with Gasteiger partial charge >= 0.3 is 6.18 Å². The Hall–Kier alpha value is -2.56. The van der Waals surface area contributed by atoms with E-state index in [2.05, 4.69) is 22.9 Å². The first-order valence-corrected chi connectivity index (χ1v) is 10.5. The quantitative estimate of drug-likeness (QED) is 0.477. The summed E-state index contributed by atoms with van der Waals surface area (Å²) in [7, 11) is 1.49. The van der Waals surface area contributed by atoms with Crippen molar-refractivity contribution in [3.63, 3.8) is 0 Å². The third-order valence-electron chi connectivity index (χ3n) is 6.09. The van der Waals surface area contributed by atoms with Gasteiger partial charge in [0.2, 0.25) is 0 Å². The number of hydrogen-bond acceptors (Lipinski definition) is 6. The molecule has 11 heteroatoms. The van der Waals surface area contributed by atoms with Crippen molar-refractivity contribution >= 4 is 23.0 Å². The summed E-state index contributed by atoms with van der Waals surface area (Å²) in [5, 5.41) is 19.6. The van der Waals surface area contributed by atoms with Crippen LogP contribution < -0.4 is 20.9 Å². The lowest BCUT2D eigenvalue weighted by Crippen LogP contribution is -2.57. The van der Waals surface area contributed by atoms with Gasteiger partial charge in [-0.15, -0.1) is 0 Å². The van der Waals surface area contributed by atoms with Crippen molar-refractivity contribution in [1.82, 2.24) is 10.6 Å². The lowest BCUT2D eigenvalue weighted by Gasteiger charge is -2.37. The van der Waals surface area contributed by atoms with E-state index in [9.17, 15) is 28.1 Å². The third-order valence-corrected chi connectivity index (χ3v) is 6.09. The second kappa shape index (κ2) is 9.29. The van der Waals surface area contributed by atoms with Crippen LogP contribution in [-0.2, 0) is 0 Å². The number of nitro benzene ring substituents is 1. The largest absolute Gasteiger partial charge is 0.405 e. The number of benzene rings is 1. The summed E-state index contributed by atoms with van der Waals surface area (Å²) in [5.41, 5.74) is 0.126. The molecule has 2 aliphatic rings. The van der Waals surface area contributed by atoms with Crippen LogP contribution in [0.15, 0.2) is 12.1 Å². The lowest BCUT2D eigenvalue weighted by molar-refractivity contribution is -0.384. The van der Waals surface area contributed by atoms with Gasteiger partial charge in [-0.05, 0) is 37.7 Å². The summed E-state index contributed by atoms with van der Waals surface area (Å²) in [6.45, 7) is 2.09. The number of nitro groups is 1. The Balaban J connectivity index is 1.94. The second-order valence-electron chi connectivity index (χ2n) is 8.32. The maximum absolute atomic E-state index is 13.3. The molecule has 1 saturated heterocycles. The predicted octanol–water partition coefficient (Wildman–Crippen LogP) is 3.29.